The second-order valence-electron chi connectivity index (χ2n) is 13.6. The minimum Gasteiger partial charge on any atom is -0.497 e. The number of benzene rings is 3. The highest BCUT2D eigenvalue weighted by Gasteiger charge is 2.30. The first kappa shape index (κ1) is 36.4. The maximum atomic E-state index is 13.0. The quantitative estimate of drug-likeness (QED) is 0.148. The summed E-state index contributed by atoms with van der Waals surface area (Å²) in [5, 5.41) is 2.99. The number of carbonyl (C=O) groups is 1. The number of hydrogen-bond donors (Lipinski definition) is 1. The van der Waals surface area contributed by atoms with E-state index in [1.165, 1.54) is 0 Å². The van der Waals surface area contributed by atoms with E-state index in [0.717, 1.165) is 62.9 Å². The highest BCUT2D eigenvalue weighted by Crippen LogP contribution is 2.39. The predicted octanol–water partition coefficient (Wildman–Crippen LogP) is 6.01. The fourth-order valence-corrected chi connectivity index (χ4v) is 6.92. The molecule has 0 spiro atoms. The molecule has 0 atom stereocenters. The lowest BCUT2D eigenvalue weighted by atomic mass is 10.1. The van der Waals surface area contributed by atoms with E-state index in [1.54, 1.807) is 26.6 Å². The Labute approximate surface area is 326 Å². The zero-order valence-corrected chi connectivity index (χ0v) is 31.5. The lowest BCUT2D eigenvalue weighted by Gasteiger charge is -2.28. The summed E-state index contributed by atoms with van der Waals surface area (Å²) < 4.78 is 16.4. The number of fused-ring (bicyclic) bond motifs is 1. The second-order valence-corrected chi connectivity index (χ2v) is 13.6. The van der Waals surface area contributed by atoms with Gasteiger partial charge in [-0.05, 0) is 83.8 Å². The predicted molar refractivity (Wildman–Crippen MR) is 215 cm³/mol. The zero-order chi connectivity index (χ0) is 38.3. The summed E-state index contributed by atoms with van der Waals surface area (Å²) in [4.78, 5) is 43.7. The van der Waals surface area contributed by atoms with E-state index in [-0.39, 0.29) is 5.91 Å². The fourth-order valence-electron chi connectivity index (χ4n) is 6.92. The van der Waals surface area contributed by atoms with Crippen LogP contribution in [0.1, 0.15) is 32.6 Å². The standard InChI is InChI=1S/C43H43N9O4/c1-54-36-11-3-31(4-12-36)28-51(29-32-5-13-37(55-2)14-6-32)42-46-26-34(27-47-42)39-38-17-20-52(40(38)49-43(48-39)50-21-23-56-24-22-50)35-9-7-33(8-10-35)41(53)45-25-30-15-18-44-19-16-30/h3-16,18-19,26-27H,17,20-25,28-29H2,1-2H3,(H,45,53). The van der Waals surface area contributed by atoms with Gasteiger partial charge in [-0.25, -0.2) is 15.0 Å². The molecule has 56 heavy (non-hydrogen) atoms. The molecule has 0 aliphatic carbocycles. The monoisotopic (exact) mass is 749 g/mol. The van der Waals surface area contributed by atoms with Crippen molar-refractivity contribution in [2.24, 2.45) is 0 Å². The van der Waals surface area contributed by atoms with Gasteiger partial charge in [0.15, 0.2) is 0 Å². The van der Waals surface area contributed by atoms with Crippen molar-refractivity contribution in [3.8, 4) is 22.8 Å². The van der Waals surface area contributed by atoms with E-state index < -0.39 is 0 Å². The van der Waals surface area contributed by atoms with Gasteiger partial charge >= 0.3 is 0 Å². The summed E-state index contributed by atoms with van der Waals surface area (Å²) in [6.07, 6.45) is 7.91. The number of methoxy groups -OCH3 is 2. The third kappa shape index (κ3) is 8.22. The van der Waals surface area contributed by atoms with Crippen molar-refractivity contribution in [3.63, 3.8) is 0 Å². The molecular formula is C43H43N9O4. The second kappa shape index (κ2) is 16.8. The number of anilines is 4. The third-order valence-electron chi connectivity index (χ3n) is 10.0. The van der Waals surface area contributed by atoms with Crippen LogP contribution in [0, 0.1) is 0 Å². The van der Waals surface area contributed by atoms with Crippen LogP contribution >= 0.6 is 0 Å². The minimum atomic E-state index is -0.135. The molecular weight excluding hydrogens is 707 g/mol. The number of carbonyl (C=O) groups excluding carboxylic acids is 1. The Balaban J connectivity index is 1.08. The molecule has 284 valence electrons. The molecule has 6 aromatic rings. The van der Waals surface area contributed by atoms with Gasteiger partial charge in [-0.3, -0.25) is 9.78 Å². The molecule has 8 rings (SSSR count). The van der Waals surface area contributed by atoms with Gasteiger partial charge < -0.3 is 34.2 Å². The largest absolute Gasteiger partial charge is 0.497 e. The number of pyridine rings is 1. The van der Waals surface area contributed by atoms with E-state index in [4.69, 9.17) is 34.1 Å². The Hall–Kier alpha value is -6.60. The summed E-state index contributed by atoms with van der Waals surface area (Å²) in [5.74, 6) is 3.57. The zero-order valence-electron chi connectivity index (χ0n) is 31.5. The van der Waals surface area contributed by atoms with Crippen molar-refractivity contribution in [1.82, 2.24) is 30.2 Å². The van der Waals surface area contributed by atoms with Crippen LogP contribution in [0.25, 0.3) is 11.3 Å². The molecule has 0 saturated carbocycles. The fraction of sp³-hybridized carbons (Fsp3) is 0.256. The van der Waals surface area contributed by atoms with Gasteiger partial charge in [0.05, 0.1) is 33.1 Å². The van der Waals surface area contributed by atoms with Crippen molar-refractivity contribution in [2.45, 2.75) is 26.1 Å². The van der Waals surface area contributed by atoms with E-state index in [2.05, 4.69) is 49.3 Å². The molecule has 1 saturated heterocycles. The van der Waals surface area contributed by atoms with Crippen LogP contribution in [0.15, 0.2) is 110 Å². The molecule has 13 heteroatoms. The number of nitrogens with zero attached hydrogens (tertiary/aromatic N) is 8. The van der Waals surface area contributed by atoms with Crippen LogP contribution in [-0.4, -0.2) is 77.9 Å². The lowest BCUT2D eigenvalue weighted by molar-refractivity contribution is 0.0951. The van der Waals surface area contributed by atoms with Crippen LogP contribution < -0.4 is 29.5 Å². The molecule has 3 aromatic carbocycles. The lowest BCUT2D eigenvalue weighted by Crippen LogP contribution is -2.37. The molecule has 2 aliphatic rings. The normalized spacial score (nSPS) is 13.6. The SMILES string of the molecule is COc1ccc(CN(Cc2ccc(OC)cc2)c2ncc(-c3nc(N4CCOCC4)nc4c3CCN4c3ccc(C(=O)NCc4ccncc4)cc3)cn2)cc1. The number of hydrogen-bond acceptors (Lipinski definition) is 12. The van der Waals surface area contributed by atoms with Crippen LogP contribution in [0.3, 0.4) is 0 Å². The first-order chi connectivity index (χ1) is 27.5. The maximum Gasteiger partial charge on any atom is 0.251 e. The molecule has 0 radical (unpaired) electrons. The highest BCUT2D eigenvalue weighted by molar-refractivity contribution is 5.94. The van der Waals surface area contributed by atoms with Crippen LogP contribution in [-0.2, 0) is 30.8 Å². The number of nitrogens with one attached hydrogen (secondary N) is 1. The van der Waals surface area contributed by atoms with Crippen molar-refractivity contribution in [3.05, 3.63) is 138 Å². The van der Waals surface area contributed by atoms with E-state index in [1.807, 2.05) is 73.1 Å². The molecule has 2 aliphatic heterocycles. The molecule has 1 N–H and O–H groups in total. The molecule has 13 nitrogen and oxygen atoms in total. The van der Waals surface area contributed by atoms with Gasteiger partial charge in [0, 0.05) is 86.4 Å². The first-order valence-corrected chi connectivity index (χ1v) is 18.7. The smallest absolute Gasteiger partial charge is 0.251 e. The number of morpholine rings is 1. The minimum absolute atomic E-state index is 0.135. The van der Waals surface area contributed by atoms with E-state index in [9.17, 15) is 4.79 Å². The number of rotatable bonds is 13. The van der Waals surface area contributed by atoms with Crippen LogP contribution in [0.4, 0.5) is 23.4 Å². The molecule has 1 fully saturated rings. The first-order valence-electron chi connectivity index (χ1n) is 18.7. The van der Waals surface area contributed by atoms with E-state index >= 15 is 0 Å². The Kier molecular flexibility index (Phi) is 10.9. The van der Waals surface area contributed by atoms with Crippen molar-refractivity contribution < 1.29 is 19.0 Å². The van der Waals surface area contributed by atoms with Gasteiger partial charge in [0.1, 0.15) is 17.3 Å². The third-order valence-corrected chi connectivity index (χ3v) is 10.0. The van der Waals surface area contributed by atoms with Crippen LogP contribution in [0.2, 0.25) is 0 Å². The Bertz CT molecular complexity index is 2180. The average molecular weight is 750 g/mol. The van der Waals surface area contributed by atoms with Crippen LogP contribution in [0.5, 0.6) is 11.5 Å². The summed E-state index contributed by atoms with van der Waals surface area (Å²) >= 11 is 0. The Morgan fingerprint density at radius 3 is 2.00 bits per heavy atom. The summed E-state index contributed by atoms with van der Waals surface area (Å²) in [6.45, 7) is 4.96. The molecule has 0 unspecified atom stereocenters. The number of aromatic nitrogens is 5. The molecule has 5 heterocycles. The number of ether oxygens (including phenoxy) is 3. The van der Waals surface area contributed by atoms with E-state index in [0.29, 0.717) is 69.9 Å². The average Bonchev–Trinajstić information content (AvgIpc) is 3.70. The summed E-state index contributed by atoms with van der Waals surface area (Å²) in [7, 11) is 3.33. The van der Waals surface area contributed by atoms with Crippen molar-refractivity contribution >= 4 is 29.3 Å². The Morgan fingerprint density at radius 1 is 0.768 bits per heavy atom. The molecule has 1 amide bonds. The van der Waals surface area contributed by atoms with Gasteiger partial charge in [-0.15, -0.1) is 0 Å². The Morgan fingerprint density at radius 2 is 1.39 bits per heavy atom. The van der Waals surface area contributed by atoms with Crippen molar-refractivity contribution in [2.75, 3.05) is 61.8 Å². The highest BCUT2D eigenvalue weighted by atomic mass is 16.5. The maximum absolute atomic E-state index is 13.0. The van der Waals surface area contributed by atoms with Gasteiger partial charge in [0.25, 0.3) is 5.91 Å². The summed E-state index contributed by atoms with van der Waals surface area (Å²) in [6, 6.07) is 27.5. The van der Waals surface area contributed by atoms with Crippen molar-refractivity contribution in [1.29, 1.82) is 0 Å². The topological polar surface area (TPSA) is 131 Å². The summed E-state index contributed by atoms with van der Waals surface area (Å²) in [5.41, 5.74) is 7.41. The van der Waals surface area contributed by atoms with Gasteiger partial charge in [-0.1, -0.05) is 24.3 Å². The molecule has 0 bridgehead atoms. The number of amides is 1. The van der Waals surface area contributed by atoms with Gasteiger partial charge in [-0.2, -0.15) is 4.98 Å². The molecule has 3 aromatic heterocycles. The van der Waals surface area contributed by atoms with Gasteiger partial charge in [0.2, 0.25) is 11.9 Å².